The van der Waals surface area contributed by atoms with Gasteiger partial charge in [0.2, 0.25) is 0 Å². The van der Waals surface area contributed by atoms with Crippen LogP contribution in [0, 0.1) is 17.6 Å². The van der Waals surface area contributed by atoms with Gasteiger partial charge in [-0.3, -0.25) is 9.69 Å². The number of benzene rings is 1. The molecule has 0 aromatic heterocycles. The van der Waals surface area contributed by atoms with Crippen molar-refractivity contribution in [3.8, 4) is 0 Å². The standard InChI is InChI=1S/C13H15F2NO/c1-9-4-5-16(7-9)8-13(17)11-6-10(14)2-3-12(11)15/h2-3,6,9H,4-5,7-8H2,1H3. The molecule has 0 aliphatic carbocycles. The number of hydrogen-bond donors (Lipinski definition) is 0. The Balaban J connectivity index is 2.06. The summed E-state index contributed by atoms with van der Waals surface area (Å²) in [6, 6.07) is 2.98. The van der Waals surface area contributed by atoms with Crippen LogP contribution < -0.4 is 0 Å². The van der Waals surface area contributed by atoms with Gasteiger partial charge in [0.1, 0.15) is 11.6 Å². The molecule has 1 atom stereocenters. The van der Waals surface area contributed by atoms with Crippen molar-refractivity contribution in [1.82, 2.24) is 4.90 Å². The zero-order valence-corrected chi connectivity index (χ0v) is 9.75. The molecule has 1 aromatic carbocycles. The Morgan fingerprint density at radius 2 is 2.24 bits per heavy atom. The highest BCUT2D eigenvalue weighted by Crippen LogP contribution is 2.17. The molecule has 1 aliphatic heterocycles. The van der Waals surface area contributed by atoms with Crippen LogP contribution in [0.1, 0.15) is 23.7 Å². The molecular formula is C13H15F2NO. The van der Waals surface area contributed by atoms with Crippen molar-refractivity contribution in [1.29, 1.82) is 0 Å². The maximum absolute atomic E-state index is 13.4. The quantitative estimate of drug-likeness (QED) is 0.755. The fourth-order valence-electron chi connectivity index (χ4n) is 2.17. The molecule has 1 heterocycles. The summed E-state index contributed by atoms with van der Waals surface area (Å²) in [6.45, 7) is 3.99. The summed E-state index contributed by atoms with van der Waals surface area (Å²) in [5.74, 6) is -1.01. The lowest BCUT2D eigenvalue weighted by Crippen LogP contribution is -2.28. The van der Waals surface area contributed by atoms with E-state index in [1.54, 1.807) is 0 Å². The van der Waals surface area contributed by atoms with Crippen LogP contribution in [0.4, 0.5) is 8.78 Å². The molecule has 0 bridgehead atoms. The summed E-state index contributed by atoms with van der Waals surface area (Å²) in [6.07, 6.45) is 1.05. The van der Waals surface area contributed by atoms with Gasteiger partial charge in [-0.25, -0.2) is 8.78 Å². The maximum Gasteiger partial charge on any atom is 0.179 e. The van der Waals surface area contributed by atoms with E-state index in [-0.39, 0.29) is 17.9 Å². The Bertz CT molecular complexity index is 433. The number of halogens is 2. The van der Waals surface area contributed by atoms with Gasteiger partial charge >= 0.3 is 0 Å². The van der Waals surface area contributed by atoms with E-state index in [2.05, 4.69) is 6.92 Å². The van der Waals surface area contributed by atoms with Crippen molar-refractivity contribution in [2.45, 2.75) is 13.3 Å². The number of Topliss-reactive ketones (excluding diaryl/α,β-unsaturated/α-hetero) is 1. The van der Waals surface area contributed by atoms with Gasteiger partial charge in [-0.2, -0.15) is 0 Å². The molecule has 2 nitrogen and oxygen atoms in total. The van der Waals surface area contributed by atoms with Crippen molar-refractivity contribution in [2.24, 2.45) is 5.92 Å². The average Bonchev–Trinajstić information content (AvgIpc) is 2.67. The molecule has 2 rings (SSSR count). The zero-order valence-electron chi connectivity index (χ0n) is 9.75. The zero-order chi connectivity index (χ0) is 12.4. The van der Waals surface area contributed by atoms with Gasteiger partial charge in [-0.05, 0) is 37.1 Å². The summed E-state index contributed by atoms with van der Waals surface area (Å²) >= 11 is 0. The highest BCUT2D eigenvalue weighted by Gasteiger charge is 2.22. The number of carbonyl (C=O) groups excluding carboxylic acids is 1. The van der Waals surface area contributed by atoms with E-state index in [0.29, 0.717) is 5.92 Å². The summed E-state index contributed by atoms with van der Waals surface area (Å²) in [4.78, 5) is 13.8. The molecule has 0 spiro atoms. The molecule has 0 radical (unpaired) electrons. The summed E-state index contributed by atoms with van der Waals surface area (Å²) < 4.78 is 26.3. The lowest BCUT2D eigenvalue weighted by Gasteiger charge is -2.14. The third kappa shape index (κ3) is 2.88. The van der Waals surface area contributed by atoms with Crippen LogP contribution in [0.25, 0.3) is 0 Å². The van der Waals surface area contributed by atoms with Gasteiger partial charge in [0, 0.05) is 6.54 Å². The highest BCUT2D eigenvalue weighted by atomic mass is 19.1. The molecule has 0 N–H and O–H groups in total. The number of ketones is 1. The molecular weight excluding hydrogens is 224 g/mol. The first-order chi connectivity index (χ1) is 8.06. The highest BCUT2D eigenvalue weighted by molar-refractivity contribution is 5.97. The van der Waals surface area contributed by atoms with E-state index in [9.17, 15) is 13.6 Å². The first-order valence-corrected chi connectivity index (χ1v) is 5.77. The maximum atomic E-state index is 13.4. The first-order valence-electron chi connectivity index (χ1n) is 5.77. The molecule has 1 aromatic rings. The van der Waals surface area contributed by atoms with E-state index < -0.39 is 11.6 Å². The van der Waals surface area contributed by atoms with Gasteiger partial charge in [0.05, 0.1) is 12.1 Å². The van der Waals surface area contributed by atoms with Crippen LogP contribution in [0.15, 0.2) is 18.2 Å². The van der Waals surface area contributed by atoms with Crippen LogP contribution in [-0.4, -0.2) is 30.3 Å². The molecule has 1 saturated heterocycles. The third-order valence-corrected chi connectivity index (χ3v) is 3.10. The fourth-order valence-corrected chi connectivity index (χ4v) is 2.17. The molecule has 0 saturated carbocycles. The minimum Gasteiger partial charge on any atom is -0.296 e. The van der Waals surface area contributed by atoms with Crippen LogP contribution in [0.2, 0.25) is 0 Å². The average molecular weight is 239 g/mol. The molecule has 1 unspecified atom stereocenters. The SMILES string of the molecule is CC1CCN(CC(=O)c2cc(F)ccc2F)C1. The largest absolute Gasteiger partial charge is 0.296 e. The van der Waals surface area contributed by atoms with Crippen molar-refractivity contribution < 1.29 is 13.6 Å². The minimum atomic E-state index is -0.649. The summed E-state index contributed by atoms with van der Waals surface area (Å²) in [7, 11) is 0. The Morgan fingerprint density at radius 3 is 2.88 bits per heavy atom. The van der Waals surface area contributed by atoms with Crippen LogP contribution in [0.3, 0.4) is 0 Å². The van der Waals surface area contributed by atoms with Crippen LogP contribution in [0.5, 0.6) is 0 Å². The summed E-state index contributed by atoms with van der Waals surface area (Å²) in [5.41, 5.74) is -0.149. The number of rotatable bonds is 3. The predicted octanol–water partition coefficient (Wildman–Crippen LogP) is 2.49. The summed E-state index contributed by atoms with van der Waals surface area (Å²) in [5, 5.41) is 0. The molecule has 17 heavy (non-hydrogen) atoms. The van der Waals surface area contributed by atoms with Crippen molar-refractivity contribution in [3.63, 3.8) is 0 Å². The van der Waals surface area contributed by atoms with E-state index in [4.69, 9.17) is 0 Å². The number of hydrogen-bond acceptors (Lipinski definition) is 2. The molecule has 1 fully saturated rings. The lowest BCUT2D eigenvalue weighted by molar-refractivity contribution is 0.0939. The second kappa shape index (κ2) is 4.92. The number of nitrogens with zero attached hydrogens (tertiary/aromatic N) is 1. The fraction of sp³-hybridized carbons (Fsp3) is 0.462. The normalized spacial score (nSPS) is 20.8. The predicted molar refractivity (Wildman–Crippen MR) is 60.9 cm³/mol. The molecule has 92 valence electrons. The Kier molecular flexibility index (Phi) is 3.52. The van der Waals surface area contributed by atoms with E-state index in [1.807, 2.05) is 4.90 Å². The van der Waals surface area contributed by atoms with E-state index in [0.717, 1.165) is 37.7 Å². The van der Waals surface area contributed by atoms with Crippen LogP contribution in [-0.2, 0) is 0 Å². The van der Waals surface area contributed by atoms with E-state index >= 15 is 0 Å². The Labute approximate surface area is 99.2 Å². The number of likely N-dealkylation sites (tertiary alicyclic amines) is 1. The van der Waals surface area contributed by atoms with Crippen molar-refractivity contribution >= 4 is 5.78 Å². The third-order valence-electron chi connectivity index (χ3n) is 3.10. The first kappa shape index (κ1) is 12.2. The Morgan fingerprint density at radius 1 is 1.47 bits per heavy atom. The molecule has 4 heteroatoms. The molecule has 0 amide bonds. The van der Waals surface area contributed by atoms with Gasteiger partial charge in [-0.15, -0.1) is 0 Å². The van der Waals surface area contributed by atoms with Crippen molar-refractivity contribution in [3.05, 3.63) is 35.4 Å². The van der Waals surface area contributed by atoms with Gasteiger partial charge in [0.25, 0.3) is 0 Å². The van der Waals surface area contributed by atoms with Gasteiger partial charge in [0.15, 0.2) is 5.78 Å². The minimum absolute atomic E-state index is 0.149. The van der Waals surface area contributed by atoms with Crippen molar-refractivity contribution in [2.75, 3.05) is 19.6 Å². The lowest BCUT2D eigenvalue weighted by atomic mass is 10.1. The monoisotopic (exact) mass is 239 g/mol. The van der Waals surface area contributed by atoms with Gasteiger partial charge < -0.3 is 0 Å². The smallest absolute Gasteiger partial charge is 0.179 e. The topological polar surface area (TPSA) is 20.3 Å². The second-order valence-corrected chi connectivity index (χ2v) is 4.68. The van der Waals surface area contributed by atoms with Gasteiger partial charge in [-0.1, -0.05) is 6.92 Å². The molecule has 1 aliphatic rings. The Hall–Kier alpha value is -1.29. The van der Waals surface area contributed by atoms with E-state index in [1.165, 1.54) is 0 Å². The second-order valence-electron chi connectivity index (χ2n) is 4.68. The van der Waals surface area contributed by atoms with Crippen LogP contribution >= 0.6 is 0 Å². The number of carbonyl (C=O) groups is 1.